The minimum Gasteiger partial charge on any atom is -0.238 e. The van der Waals surface area contributed by atoms with E-state index in [1.54, 1.807) is 22.7 Å². The molecule has 0 N–H and O–H groups in total. The molecule has 0 fully saturated rings. The highest BCUT2D eigenvalue weighted by molar-refractivity contribution is 7.30. The van der Waals surface area contributed by atoms with Crippen LogP contribution in [0.4, 0.5) is 17.6 Å². The normalized spacial score (nSPS) is 23.4. The molecule has 6 unspecified atom stereocenters. The van der Waals surface area contributed by atoms with Gasteiger partial charge < -0.3 is 0 Å². The number of allylic oxidation sites excluding steroid dienone is 4. The van der Waals surface area contributed by atoms with Gasteiger partial charge in [-0.1, -0.05) is 170 Å². The molecule has 0 saturated heterocycles. The number of fused-ring (bicyclic) bond motifs is 6. The summed E-state index contributed by atoms with van der Waals surface area (Å²) in [5.74, 6) is -0.121. The first-order valence-corrected chi connectivity index (χ1v) is 33.8. The summed E-state index contributed by atoms with van der Waals surface area (Å²) in [5, 5.41) is 9.94. The first-order valence-electron chi connectivity index (χ1n) is 25.5. The fourth-order valence-corrected chi connectivity index (χ4v) is 32.7. The van der Waals surface area contributed by atoms with Crippen molar-refractivity contribution in [3.63, 3.8) is 0 Å². The molecule has 0 spiro atoms. The fraction of sp³-hybridized carbons (Fsp3) is 0.630. The molecule has 7 rings (SSSR count). The zero-order chi connectivity index (χ0) is 45.8. The summed E-state index contributed by atoms with van der Waals surface area (Å²) in [5.41, 5.74) is -0.830. The molecule has 1 aliphatic carbocycles. The van der Waals surface area contributed by atoms with Gasteiger partial charge in [0.1, 0.15) is 16.1 Å². The van der Waals surface area contributed by atoms with Gasteiger partial charge in [-0.05, 0) is 91.5 Å². The summed E-state index contributed by atoms with van der Waals surface area (Å²) in [6.45, 7) is 18.3. The zero-order valence-corrected chi connectivity index (χ0v) is 45.5. The van der Waals surface area contributed by atoms with Crippen molar-refractivity contribution in [2.45, 2.75) is 195 Å². The van der Waals surface area contributed by atoms with Gasteiger partial charge in [-0.3, -0.25) is 0 Å². The molecule has 4 aromatic rings. The Kier molecular flexibility index (Phi) is 17.5. The van der Waals surface area contributed by atoms with Gasteiger partial charge in [0.15, 0.2) is 24.0 Å². The van der Waals surface area contributed by atoms with Crippen molar-refractivity contribution in [2.24, 2.45) is 23.7 Å². The van der Waals surface area contributed by atoms with Crippen LogP contribution in [0.2, 0.25) is 24.2 Å². The Hall–Kier alpha value is -1.57. The van der Waals surface area contributed by atoms with Crippen molar-refractivity contribution in [2.75, 3.05) is 0 Å². The molecule has 6 heterocycles. The van der Waals surface area contributed by atoms with E-state index in [0.717, 1.165) is 85.3 Å². The van der Waals surface area contributed by atoms with E-state index >= 15 is 17.6 Å². The third kappa shape index (κ3) is 9.43. The second kappa shape index (κ2) is 22.2. The molecule has 0 aromatic carbocycles. The van der Waals surface area contributed by atoms with E-state index in [-0.39, 0.29) is 0 Å². The number of thiophene rings is 4. The van der Waals surface area contributed by atoms with Gasteiger partial charge >= 0.3 is 0 Å². The molecule has 0 nitrogen and oxygen atoms in total. The topological polar surface area (TPSA) is 0 Å². The summed E-state index contributed by atoms with van der Waals surface area (Å²) < 4.78 is 68.5. The van der Waals surface area contributed by atoms with E-state index < -0.39 is 51.3 Å². The van der Waals surface area contributed by atoms with Crippen LogP contribution in [0.3, 0.4) is 0 Å². The Labute approximate surface area is 402 Å². The van der Waals surface area contributed by atoms with Gasteiger partial charge in [0.2, 0.25) is 0 Å². The van der Waals surface area contributed by atoms with Crippen molar-refractivity contribution >= 4 is 93.4 Å². The average Bonchev–Trinajstić information content (AvgIpc) is 4.17. The van der Waals surface area contributed by atoms with Crippen LogP contribution in [0.25, 0.3) is 30.7 Å². The van der Waals surface area contributed by atoms with Gasteiger partial charge in [0.25, 0.3) is 0 Å². The largest absolute Gasteiger partial charge is 0.238 e. The molecular formula is C54H76F4S4Si2. The molecular weight excluding hydrogens is 909 g/mol. The second-order valence-corrected chi connectivity index (χ2v) is 32.0. The smallest absolute Gasteiger partial charge is 0.166 e. The maximum atomic E-state index is 17.2. The van der Waals surface area contributed by atoms with Gasteiger partial charge in [0, 0.05) is 40.4 Å². The number of alkyl halides is 2. The quantitative estimate of drug-likeness (QED) is 0.0434. The molecule has 6 atom stereocenters. The molecule has 0 saturated carbocycles. The summed E-state index contributed by atoms with van der Waals surface area (Å²) in [4.78, 5) is 5.45. The Balaban J connectivity index is 1.33. The van der Waals surface area contributed by atoms with Crippen LogP contribution >= 0.6 is 45.3 Å². The maximum Gasteiger partial charge on any atom is 0.166 e. The van der Waals surface area contributed by atoms with Crippen LogP contribution in [-0.4, -0.2) is 28.5 Å². The first-order chi connectivity index (χ1) is 31.0. The Morgan fingerprint density at radius 3 is 1.06 bits per heavy atom. The molecule has 352 valence electrons. The minimum absolute atomic E-state index is 0.379. The van der Waals surface area contributed by atoms with Crippen LogP contribution in [0.15, 0.2) is 46.7 Å². The molecule has 0 amide bonds. The van der Waals surface area contributed by atoms with Crippen molar-refractivity contribution < 1.29 is 17.6 Å². The highest BCUT2D eigenvalue weighted by Gasteiger charge is 2.53. The van der Waals surface area contributed by atoms with Crippen LogP contribution < -0.4 is 20.7 Å². The van der Waals surface area contributed by atoms with Gasteiger partial charge in [-0.2, -0.15) is 0 Å². The Morgan fingerprint density at radius 1 is 0.469 bits per heavy atom. The molecule has 2 aliphatic heterocycles. The van der Waals surface area contributed by atoms with E-state index in [4.69, 9.17) is 0 Å². The second-order valence-electron chi connectivity index (χ2n) is 19.9. The monoisotopic (exact) mass is 984 g/mol. The van der Waals surface area contributed by atoms with Gasteiger partial charge in [-0.15, -0.1) is 45.3 Å². The molecule has 0 radical (unpaired) electrons. The van der Waals surface area contributed by atoms with Crippen molar-refractivity contribution in [1.29, 1.82) is 0 Å². The molecule has 10 heteroatoms. The number of rotatable bonds is 26. The maximum absolute atomic E-state index is 17.2. The Morgan fingerprint density at radius 2 is 0.781 bits per heavy atom. The SMILES string of the molecule is CCCCC(CC)C[Si]1(CC(CC)CCCC)c2ccsc2-c2sc(C3=C(F)C(F)=C(c4cc5c(s4)-c4sccc4[Si]5(CC(CC)CCCC)CC(CC)CCCC)C(F)C3F)cc21. The average molecular weight is 986 g/mol. The number of unbranched alkanes of at least 4 members (excludes halogenated alkanes) is 4. The molecule has 64 heavy (non-hydrogen) atoms. The van der Waals surface area contributed by atoms with E-state index in [9.17, 15) is 0 Å². The van der Waals surface area contributed by atoms with E-state index in [1.165, 1.54) is 105 Å². The lowest BCUT2D eigenvalue weighted by atomic mass is 9.91. The highest BCUT2D eigenvalue weighted by atomic mass is 32.1. The van der Waals surface area contributed by atoms with E-state index in [0.29, 0.717) is 33.4 Å². The lowest BCUT2D eigenvalue weighted by Gasteiger charge is -2.36. The van der Waals surface area contributed by atoms with E-state index in [2.05, 4.69) is 78.3 Å². The van der Waals surface area contributed by atoms with Gasteiger partial charge in [-0.25, -0.2) is 17.6 Å². The van der Waals surface area contributed by atoms with Crippen LogP contribution in [-0.2, 0) is 0 Å². The predicted octanol–water partition coefficient (Wildman–Crippen LogP) is 17.6. The summed E-state index contributed by atoms with van der Waals surface area (Å²) in [6.07, 6.45) is 14.1. The number of halogens is 4. The molecule has 3 aliphatic rings. The van der Waals surface area contributed by atoms with Crippen molar-refractivity contribution in [1.82, 2.24) is 0 Å². The summed E-state index contributed by atoms with van der Waals surface area (Å²) >= 11 is 6.25. The fourth-order valence-electron chi connectivity index (χ4n) is 12.2. The van der Waals surface area contributed by atoms with Crippen molar-refractivity contribution in [3.05, 3.63) is 56.4 Å². The van der Waals surface area contributed by atoms with Crippen LogP contribution in [0, 0.1) is 23.7 Å². The van der Waals surface area contributed by atoms with E-state index in [1.807, 2.05) is 12.1 Å². The number of hydrogen-bond acceptors (Lipinski definition) is 4. The molecule has 0 bridgehead atoms. The summed E-state index contributed by atoms with van der Waals surface area (Å²) in [7, 11) is -4.80. The summed E-state index contributed by atoms with van der Waals surface area (Å²) in [6, 6.07) is 13.3. The lowest BCUT2D eigenvalue weighted by molar-refractivity contribution is 0.254. The lowest BCUT2D eigenvalue weighted by Crippen LogP contribution is -2.56. The van der Waals surface area contributed by atoms with Crippen LogP contribution in [0.1, 0.15) is 168 Å². The standard InChI is InChI=1S/C54H76F4S4Si2/c1-9-17-21-35(13-5)31-63(32-36(14-6)22-18-10-2)41-25-27-59-51(41)53-43(63)29-39(61-53)45-47(55)49(57)46(50(58)48(45)56)40-30-44-54(62-40)52-42(26-28-60-52)64(44,33-37(15-7)23-19-11-3)34-38(16-8)24-20-12-4/h25-30,35-38,47,49H,9-24,31-34H2,1-8H3. The molecule has 4 aromatic heterocycles. The highest BCUT2D eigenvalue weighted by Crippen LogP contribution is 2.53. The predicted molar refractivity (Wildman–Crippen MR) is 284 cm³/mol. The third-order valence-corrected chi connectivity index (χ3v) is 32.1. The van der Waals surface area contributed by atoms with Crippen molar-refractivity contribution in [3.8, 4) is 19.5 Å². The Bertz CT molecular complexity index is 2030. The van der Waals surface area contributed by atoms with Crippen LogP contribution in [0.5, 0.6) is 0 Å². The first kappa shape index (κ1) is 50.3. The van der Waals surface area contributed by atoms with Gasteiger partial charge in [0.05, 0.1) is 0 Å². The number of hydrogen-bond donors (Lipinski definition) is 0. The minimum atomic E-state index is -2.40. The zero-order valence-electron chi connectivity index (χ0n) is 40.2. The third-order valence-electron chi connectivity index (χ3n) is 16.0.